The Hall–Kier alpha value is -3.69. The van der Waals surface area contributed by atoms with E-state index in [1.807, 2.05) is 6.07 Å². The summed E-state index contributed by atoms with van der Waals surface area (Å²) < 4.78 is 10.5. The van der Waals surface area contributed by atoms with Crippen LogP contribution in [0.25, 0.3) is 11.3 Å². The Morgan fingerprint density at radius 2 is 2.21 bits per heavy atom. The van der Waals surface area contributed by atoms with Gasteiger partial charge in [-0.3, -0.25) is 0 Å². The van der Waals surface area contributed by atoms with Gasteiger partial charge in [-0.1, -0.05) is 11.5 Å². The molecule has 0 bridgehead atoms. The standard InChI is InChI=1S/C14H11N5O5/c15-14(18-19(21)22)17-16-6-10-2-4-12(24-10)8-1-3-11-9(5-8)7-23-13(11)20/h1-6H,7H2,(H3,15,17,18). The van der Waals surface area contributed by atoms with E-state index < -0.39 is 11.0 Å². The minimum absolute atomic E-state index is 0.245. The van der Waals surface area contributed by atoms with E-state index in [2.05, 4.69) is 10.2 Å². The number of nitro groups is 1. The summed E-state index contributed by atoms with van der Waals surface area (Å²) in [6, 6.07) is 8.63. The zero-order valence-electron chi connectivity index (χ0n) is 12.1. The molecule has 0 atom stereocenters. The minimum atomic E-state index is -0.846. The average molecular weight is 329 g/mol. The van der Waals surface area contributed by atoms with Crippen molar-refractivity contribution in [3.05, 3.63) is 57.3 Å². The largest absolute Gasteiger partial charge is 0.457 e. The Morgan fingerprint density at radius 3 is 3.00 bits per heavy atom. The number of fused-ring (bicyclic) bond motifs is 1. The van der Waals surface area contributed by atoms with Crippen LogP contribution in [0.1, 0.15) is 21.7 Å². The SMILES string of the molecule is NC(=NN=Cc1ccc(-c2ccc3c(c2)COC3=O)o1)N[N+](=O)[O-]. The molecule has 0 saturated carbocycles. The predicted octanol–water partition coefficient (Wildman–Crippen LogP) is 1.05. The first-order valence-corrected chi connectivity index (χ1v) is 6.71. The van der Waals surface area contributed by atoms with Crippen LogP contribution < -0.4 is 11.2 Å². The van der Waals surface area contributed by atoms with Gasteiger partial charge in [0, 0.05) is 11.1 Å². The monoisotopic (exact) mass is 329 g/mol. The molecule has 0 saturated heterocycles. The van der Waals surface area contributed by atoms with Crippen LogP contribution in [-0.2, 0) is 11.3 Å². The van der Waals surface area contributed by atoms with E-state index in [1.165, 1.54) is 6.21 Å². The molecule has 1 aromatic heterocycles. The lowest BCUT2D eigenvalue weighted by molar-refractivity contribution is -0.525. The lowest BCUT2D eigenvalue weighted by Gasteiger charge is -1.99. The normalized spacial score (nSPS) is 13.8. The van der Waals surface area contributed by atoms with Crippen LogP contribution in [-0.4, -0.2) is 23.2 Å². The Bertz CT molecular complexity index is 870. The van der Waals surface area contributed by atoms with Gasteiger partial charge in [0.25, 0.3) is 5.96 Å². The zero-order chi connectivity index (χ0) is 17.1. The van der Waals surface area contributed by atoms with Crippen LogP contribution in [0.5, 0.6) is 0 Å². The quantitative estimate of drug-likeness (QED) is 0.280. The number of nitrogens with zero attached hydrogens (tertiary/aromatic N) is 3. The van der Waals surface area contributed by atoms with Gasteiger partial charge in [0.1, 0.15) is 18.1 Å². The van der Waals surface area contributed by atoms with E-state index in [9.17, 15) is 14.9 Å². The number of carbonyl (C=O) groups excluding carboxylic acids is 1. The molecule has 10 heteroatoms. The fraction of sp³-hybridized carbons (Fsp3) is 0.0714. The molecule has 0 unspecified atom stereocenters. The summed E-state index contributed by atoms with van der Waals surface area (Å²) in [6.07, 6.45) is 1.26. The summed E-state index contributed by atoms with van der Waals surface area (Å²) in [7, 11) is 0. The average Bonchev–Trinajstić information content (AvgIpc) is 3.14. The third-order valence-electron chi connectivity index (χ3n) is 3.15. The van der Waals surface area contributed by atoms with Crippen molar-refractivity contribution in [3.8, 4) is 11.3 Å². The van der Waals surface area contributed by atoms with E-state index in [0.717, 1.165) is 11.1 Å². The summed E-state index contributed by atoms with van der Waals surface area (Å²) >= 11 is 0. The highest BCUT2D eigenvalue weighted by Crippen LogP contribution is 2.27. The van der Waals surface area contributed by atoms with Crippen LogP contribution in [0.4, 0.5) is 0 Å². The van der Waals surface area contributed by atoms with Crippen molar-refractivity contribution in [3.63, 3.8) is 0 Å². The zero-order valence-corrected chi connectivity index (χ0v) is 12.1. The highest BCUT2D eigenvalue weighted by molar-refractivity contribution is 5.94. The lowest BCUT2D eigenvalue weighted by Crippen LogP contribution is -2.35. The van der Waals surface area contributed by atoms with Crippen LogP contribution in [0, 0.1) is 10.1 Å². The number of furan rings is 1. The third kappa shape index (κ3) is 3.21. The van der Waals surface area contributed by atoms with Gasteiger partial charge in [-0.2, -0.15) is 5.10 Å². The predicted molar refractivity (Wildman–Crippen MR) is 82.6 cm³/mol. The summed E-state index contributed by atoms with van der Waals surface area (Å²) in [6.45, 7) is 0.245. The summed E-state index contributed by atoms with van der Waals surface area (Å²) in [5, 5.41) is 16.3. The van der Waals surface area contributed by atoms with Gasteiger partial charge in [-0.05, 0) is 24.3 Å². The maximum Gasteiger partial charge on any atom is 0.338 e. The molecule has 1 aromatic carbocycles. The van der Waals surface area contributed by atoms with E-state index in [-0.39, 0.29) is 12.6 Å². The van der Waals surface area contributed by atoms with Gasteiger partial charge >= 0.3 is 5.97 Å². The Kier molecular flexibility index (Phi) is 3.93. The van der Waals surface area contributed by atoms with E-state index in [1.54, 1.807) is 29.7 Å². The van der Waals surface area contributed by atoms with Gasteiger partial charge in [0.15, 0.2) is 5.03 Å². The molecule has 0 spiro atoms. The molecule has 24 heavy (non-hydrogen) atoms. The first-order chi connectivity index (χ1) is 11.5. The summed E-state index contributed by atoms with van der Waals surface area (Å²) in [4.78, 5) is 21.6. The molecular formula is C14H11N5O5. The first kappa shape index (κ1) is 15.2. The molecule has 0 fully saturated rings. The third-order valence-corrected chi connectivity index (χ3v) is 3.15. The molecule has 10 nitrogen and oxygen atoms in total. The number of hydrogen-bond donors (Lipinski definition) is 2. The van der Waals surface area contributed by atoms with Gasteiger partial charge in [-0.25, -0.2) is 14.9 Å². The van der Waals surface area contributed by atoms with Crippen molar-refractivity contribution in [1.29, 1.82) is 0 Å². The van der Waals surface area contributed by atoms with Crippen molar-refractivity contribution >= 4 is 18.1 Å². The number of guanidine groups is 1. The number of hydrazine groups is 1. The van der Waals surface area contributed by atoms with Crippen LogP contribution >= 0.6 is 0 Å². The van der Waals surface area contributed by atoms with Crippen LogP contribution in [0.3, 0.4) is 0 Å². The van der Waals surface area contributed by atoms with E-state index >= 15 is 0 Å². The van der Waals surface area contributed by atoms with E-state index in [4.69, 9.17) is 14.9 Å². The minimum Gasteiger partial charge on any atom is -0.457 e. The first-order valence-electron chi connectivity index (χ1n) is 6.71. The maximum absolute atomic E-state index is 11.4. The van der Waals surface area contributed by atoms with Gasteiger partial charge in [0.05, 0.1) is 11.8 Å². The van der Waals surface area contributed by atoms with Crippen molar-refractivity contribution in [2.24, 2.45) is 15.9 Å². The highest BCUT2D eigenvalue weighted by Gasteiger charge is 2.21. The molecule has 1 aliphatic heterocycles. The van der Waals surface area contributed by atoms with Gasteiger partial charge in [0.2, 0.25) is 0 Å². The van der Waals surface area contributed by atoms with E-state index in [0.29, 0.717) is 17.1 Å². The molecule has 2 heterocycles. The van der Waals surface area contributed by atoms with Gasteiger partial charge in [-0.15, -0.1) is 5.10 Å². The highest BCUT2D eigenvalue weighted by atomic mass is 16.7. The number of nitrogens with two attached hydrogens (primary N) is 1. The van der Waals surface area contributed by atoms with Crippen molar-refractivity contribution in [2.45, 2.75) is 6.61 Å². The second-order valence-corrected chi connectivity index (χ2v) is 4.75. The lowest BCUT2D eigenvalue weighted by atomic mass is 10.0. The fourth-order valence-corrected chi connectivity index (χ4v) is 2.13. The number of hydrogen-bond acceptors (Lipinski definition) is 7. The molecule has 0 aliphatic carbocycles. The summed E-state index contributed by atoms with van der Waals surface area (Å²) in [5.74, 6) is 0.170. The molecule has 3 N–H and O–H groups in total. The second-order valence-electron chi connectivity index (χ2n) is 4.75. The van der Waals surface area contributed by atoms with Crippen molar-refractivity contribution < 1.29 is 19.0 Å². The summed E-state index contributed by atoms with van der Waals surface area (Å²) in [5.41, 5.74) is 9.00. The van der Waals surface area contributed by atoms with Gasteiger partial charge < -0.3 is 14.9 Å². The number of benzene rings is 1. The number of cyclic esters (lactones) is 1. The van der Waals surface area contributed by atoms with Crippen molar-refractivity contribution in [1.82, 2.24) is 5.43 Å². The molecule has 3 rings (SSSR count). The molecule has 122 valence electrons. The Morgan fingerprint density at radius 1 is 1.38 bits per heavy atom. The van der Waals surface area contributed by atoms with Crippen LogP contribution in [0.15, 0.2) is 45.0 Å². The smallest absolute Gasteiger partial charge is 0.338 e. The Balaban J connectivity index is 1.74. The number of rotatable bonds is 4. The topological polar surface area (TPSA) is 145 Å². The number of ether oxygens (including phenoxy) is 1. The molecular weight excluding hydrogens is 318 g/mol. The maximum atomic E-state index is 11.4. The molecule has 2 aromatic rings. The molecule has 0 amide bonds. The molecule has 0 radical (unpaired) electrons. The molecule has 1 aliphatic rings. The fourth-order valence-electron chi connectivity index (χ4n) is 2.13. The number of carbonyl (C=O) groups is 1. The number of esters is 1. The Labute approximate surface area is 134 Å². The van der Waals surface area contributed by atoms with Crippen LogP contribution in [0.2, 0.25) is 0 Å². The second kappa shape index (κ2) is 6.20. The van der Waals surface area contributed by atoms with Crippen molar-refractivity contribution in [2.75, 3.05) is 0 Å². The number of nitrogens with one attached hydrogen (secondary N) is 1.